The van der Waals surface area contributed by atoms with Crippen molar-refractivity contribution in [3.63, 3.8) is 0 Å². The molecule has 0 unspecified atom stereocenters. The molecule has 9 heteroatoms. The first-order valence-corrected chi connectivity index (χ1v) is 8.24. The molecule has 0 saturated heterocycles. The Labute approximate surface area is 158 Å². The Morgan fingerprint density at radius 2 is 1.78 bits per heavy atom. The largest absolute Gasteiger partial charge is 0.355 e. The van der Waals surface area contributed by atoms with Crippen LogP contribution in [-0.4, -0.2) is 31.3 Å². The lowest BCUT2D eigenvalue weighted by Crippen LogP contribution is -2.28. The number of anilines is 1. The fourth-order valence-corrected chi connectivity index (χ4v) is 2.34. The van der Waals surface area contributed by atoms with E-state index in [-0.39, 0.29) is 35.1 Å². The highest BCUT2D eigenvalue weighted by Crippen LogP contribution is 2.23. The van der Waals surface area contributed by atoms with Crippen molar-refractivity contribution < 1.29 is 23.2 Å². The van der Waals surface area contributed by atoms with Crippen LogP contribution in [0.2, 0.25) is 5.02 Å². The minimum atomic E-state index is -0.991. The van der Waals surface area contributed by atoms with E-state index in [1.807, 2.05) is 0 Å². The quantitative estimate of drug-likeness (QED) is 0.702. The zero-order chi connectivity index (χ0) is 20.0. The Morgan fingerprint density at radius 1 is 1.04 bits per heavy atom. The van der Waals surface area contributed by atoms with Crippen molar-refractivity contribution in [3.8, 4) is 0 Å². The van der Waals surface area contributed by atoms with Gasteiger partial charge in [-0.2, -0.15) is 0 Å². The number of rotatable bonds is 6. The summed E-state index contributed by atoms with van der Waals surface area (Å²) in [7, 11) is 1.47. The zero-order valence-electron chi connectivity index (χ0n) is 14.2. The van der Waals surface area contributed by atoms with Crippen LogP contribution in [0.3, 0.4) is 0 Å². The Bertz CT molecular complexity index is 890. The van der Waals surface area contributed by atoms with Gasteiger partial charge in [-0.1, -0.05) is 11.6 Å². The predicted molar refractivity (Wildman–Crippen MR) is 96.8 cm³/mol. The number of halogens is 3. The second-order valence-electron chi connectivity index (χ2n) is 5.45. The van der Waals surface area contributed by atoms with Gasteiger partial charge < -0.3 is 16.0 Å². The van der Waals surface area contributed by atoms with Crippen LogP contribution in [0.1, 0.15) is 27.1 Å². The molecule has 0 saturated carbocycles. The van der Waals surface area contributed by atoms with Gasteiger partial charge in [0.05, 0.1) is 16.3 Å². The molecule has 0 radical (unpaired) electrons. The lowest BCUT2D eigenvalue weighted by atomic mass is 10.2. The van der Waals surface area contributed by atoms with Crippen molar-refractivity contribution in [1.29, 1.82) is 0 Å². The second-order valence-corrected chi connectivity index (χ2v) is 5.86. The van der Waals surface area contributed by atoms with Gasteiger partial charge in [0.1, 0.15) is 11.6 Å². The monoisotopic (exact) mass is 395 g/mol. The number of benzene rings is 2. The summed E-state index contributed by atoms with van der Waals surface area (Å²) in [5.41, 5.74) is 0.245. The summed E-state index contributed by atoms with van der Waals surface area (Å²) >= 11 is 5.99. The molecule has 0 aliphatic carbocycles. The Hall–Kier alpha value is -3.00. The van der Waals surface area contributed by atoms with Crippen molar-refractivity contribution in [2.45, 2.75) is 6.42 Å². The molecule has 2 aromatic rings. The van der Waals surface area contributed by atoms with E-state index in [0.717, 1.165) is 12.1 Å². The van der Waals surface area contributed by atoms with Crippen molar-refractivity contribution in [2.75, 3.05) is 18.9 Å². The maximum absolute atomic E-state index is 13.5. The first-order chi connectivity index (χ1) is 12.8. The zero-order valence-corrected chi connectivity index (χ0v) is 15.0. The van der Waals surface area contributed by atoms with Gasteiger partial charge in [-0.25, -0.2) is 8.78 Å². The molecular formula is C18H16ClF2N3O3. The molecule has 3 amide bonds. The van der Waals surface area contributed by atoms with Crippen LogP contribution in [0.5, 0.6) is 0 Å². The SMILES string of the molecule is CNC(=O)c1ccc(Cl)c(NC(=O)CCNC(=O)c2ccc(F)cc2F)c1. The molecule has 0 aliphatic rings. The number of nitrogens with one attached hydrogen (secondary N) is 3. The van der Waals surface area contributed by atoms with E-state index >= 15 is 0 Å². The third kappa shape index (κ3) is 5.49. The Balaban J connectivity index is 1.91. The summed E-state index contributed by atoms with van der Waals surface area (Å²) in [4.78, 5) is 35.5. The first-order valence-electron chi connectivity index (χ1n) is 7.86. The first kappa shape index (κ1) is 20.3. The molecule has 0 heterocycles. The summed E-state index contributed by atoms with van der Waals surface area (Å²) in [6.07, 6.45) is -0.116. The van der Waals surface area contributed by atoms with E-state index in [9.17, 15) is 23.2 Å². The third-order valence-electron chi connectivity index (χ3n) is 3.54. The number of hydrogen-bond acceptors (Lipinski definition) is 3. The molecule has 0 spiro atoms. The molecule has 6 nitrogen and oxygen atoms in total. The van der Waals surface area contributed by atoms with Crippen LogP contribution in [0.4, 0.5) is 14.5 Å². The van der Waals surface area contributed by atoms with E-state index in [0.29, 0.717) is 11.6 Å². The molecule has 0 aliphatic heterocycles. The van der Waals surface area contributed by atoms with Gasteiger partial charge in [0.2, 0.25) is 5.91 Å². The maximum Gasteiger partial charge on any atom is 0.254 e. The van der Waals surface area contributed by atoms with E-state index in [1.165, 1.54) is 25.2 Å². The van der Waals surface area contributed by atoms with E-state index in [4.69, 9.17) is 11.6 Å². The van der Waals surface area contributed by atoms with Crippen molar-refractivity contribution in [1.82, 2.24) is 10.6 Å². The normalized spacial score (nSPS) is 10.2. The van der Waals surface area contributed by atoms with Crippen LogP contribution in [0, 0.1) is 11.6 Å². The molecular weight excluding hydrogens is 380 g/mol. The molecule has 2 aromatic carbocycles. The summed E-state index contributed by atoms with van der Waals surface area (Å²) < 4.78 is 26.4. The minimum absolute atomic E-state index is 0.0752. The molecule has 0 atom stereocenters. The minimum Gasteiger partial charge on any atom is -0.355 e. The molecule has 0 fully saturated rings. The lowest BCUT2D eigenvalue weighted by Gasteiger charge is -2.10. The Kier molecular flexibility index (Phi) is 6.84. The number of amides is 3. The molecule has 0 aromatic heterocycles. The number of carbonyl (C=O) groups excluding carboxylic acids is 3. The van der Waals surface area contributed by atoms with Gasteiger partial charge >= 0.3 is 0 Å². The van der Waals surface area contributed by atoms with E-state index in [1.54, 1.807) is 0 Å². The highest BCUT2D eigenvalue weighted by molar-refractivity contribution is 6.33. The third-order valence-corrected chi connectivity index (χ3v) is 3.87. The van der Waals surface area contributed by atoms with Crippen LogP contribution >= 0.6 is 11.6 Å². The summed E-state index contributed by atoms with van der Waals surface area (Å²) in [6.45, 7) is -0.0752. The lowest BCUT2D eigenvalue weighted by molar-refractivity contribution is -0.116. The molecule has 0 bridgehead atoms. The molecule has 2 rings (SSSR count). The van der Waals surface area contributed by atoms with Crippen molar-refractivity contribution >= 4 is 35.0 Å². The fraction of sp³-hybridized carbons (Fsp3) is 0.167. The van der Waals surface area contributed by atoms with Crippen molar-refractivity contribution in [2.24, 2.45) is 0 Å². The average molecular weight is 396 g/mol. The summed E-state index contributed by atoms with van der Waals surface area (Å²) in [5.74, 6) is -3.35. The fourth-order valence-electron chi connectivity index (χ4n) is 2.18. The molecule has 3 N–H and O–H groups in total. The average Bonchev–Trinajstić information content (AvgIpc) is 2.62. The summed E-state index contributed by atoms with van der Waals surface area (Å²) in [6, 6.07) is 6.99. The smallest absolute Gasteiger partial charge is 0.254 e. The van der Waals surface area contributed by atoms with Gasteiger partial charge in [-0.3, -0.25) is 14.4 Å². The van der Waals surface area contributed by atoms with E-state index < -0.39 is 23.4 Å². The van der Waals surface area contributed by atoms with Gasteiger partial charge in [-0.05, 0) is 30.3 Å². The van der Waals surface area contributed by atoms with Crippen LogP contribution in [0.15, 0.2) is 36.4 Å². The number of hydrogen-bond donors (Lipinski definition) is 3. The Morgan fingerprint density at radius 3 is 2.44 bits per heavy atom. The van der Waals surface area contributed by atoms with Gasteiger partial charge in [0.15, 0.2) is 0 Å². The topological polar surface area (TPSA) is 87.3 Å². The molecule has 27 heavy (non-hydrogen) atoms. The van der Waals surface area contributed by atoms with Crippen LogP contribution in [-0.2, 0) is 4.79 Å². The standard InChI is InChI=1S/C18H16ClF2N3O3/c1-22-17(26)10-2-5-13(19)15(8-10)24-16(25)6-7-23-18(27)12-4-3-11(20)9-14(12)21/h2-5,8-9H,6-7H2,1H3,(H,22,26)(H,23,27)(H,24,25). The number of carbonyl (C=O) groups is 3. The van der Waals surface area contributed by atoms with Gasteiger partial charge in [0.25, 0.3) is 11.8 Å². The summed E-state index contributed by atoms with van der Waals surface area (Å²) in [5, 5.41) is 7.61. The highest BCUT2D eigenvalue weighted by atomic mass is 35.5. The van der Waals surface area contributed by atoms with Gasteiger partial charge in [0, 0.05) is 31.6 Å². The molecule has 142 valence electrons. The van der Waals surface area contributed by atoms with Gasteiger partial charge in [-0.15, -0.1) is 0 Å². The predicted octanol–water partition coefficient (Wildman–Crippen LogP) is 2.74. The maximum atomic E-state index is 13.5. The van der Waals surface area contributed by atoms with Crippen LogP contribution in [0.25, 0.3) is 0 Å². The van der Waals surface area contributed by atoms with Crippen LogP contribution < -0.4 is 16.0 Å². The second kappa shape index (κ2) is 9.09. The van der Waals surface area contributed by atoms with E-state index in [2.05, 4.69) is 16.0 Å². The highest BCUT2D eigenvalue weighted by Gasteiger charge is 2.14. The van der Waals surface area contributed by atoms with Crippen molar-refractivity contribution in [3.05, 3.63) is 64.2 Å².